The minimum Gasteiger partial charge on any atom is -0.493 e. The summed E-state index contributed by atoms with van der Waals surface area (Å²) in [5.74, 6) is -0.626. The molecule has 0 radical (unpaired) electrons. The molecule has 14 heteroatoms. The zero-order chi connectivity index (χ0) is 34.8. The zero-order valence-corrected chi connectivity index (χ0v) is 27.3. The molecule has 0 bridgehead atoms. The van der Waals surface area contributed by atoms with Crippen molar-refractivity contribution in [2.24, 2.45) is 0 Å². The summed E-state index contributed by atoms with van der Waals surface area (Å²) in [5.41, 5.74) is 2.89. The normalized spacial score (nSPS) is 14.8. The summed E-state index contributed by atoms with van der Waals surface area (Å²) in [4.78, 5) is 39.6. The monoisotopic (exact) mass is 677 g/mol. The first-order valence-corrected chi connectivity index (χ1v) is 16.2. The maximum absolute atomic E-state index is 16.6. The Balaban J connectivity index is 1.19. The van der Waals surface area contributed by atoms with Crippen molar-refractivity contribution in [3.05, 3.63) is 95.6 Å². The minimum atomic E-state index is -0.542. The lowest BCUT2D eigenvalue weighted by molar-refractivity contribution is -0.131. The number of nitrogens with one attached hydrogen (secondary N) is 1. The van der Waals surface area contributed by atoms with Crippen LogP contribution >= 0.6 is 0 Å². The molecule has 7 rings (SSSR count). The number of rotatable bonds is 8. The maximum Gasteiger partial charge on any atom is 0.270 e. The van der Waals surface area contributed by atoms with Gasteiger partial charge in [-0.15, -0.1) is 5.10 Å². The standard InChI is InChI=1S/C36H33F2N9O3/c1-50-31-17-25(37)21-40-35(31)44-13-15-45(16-14-44)36(49)30-19-29-28(26-7-3-2-5-23(26)20-39)18-27(33(38)34(29)42-30)24-6-4-10-46(22-24)32(48)8-11-47-12-9-41-43-47/h2-3,5-7,9,12,17-19,21,42H,4,8,10-11,13-16,22H2,1H3. The van der Waals surface area contributed by atoms with Gasteiger partial charge in [0.1, 0.15) is 11.5 Å². The summed E-state index contributed by atoms with van der Waals surface area (Å²) in [6, 6.07) is 13.9. The van der Waals surface area contributed by atoms with Gasteiger partial charge in [-0.25, -0.2) is 13.8 Å². The van der Waals surface area contributed by atoms with Gasteiger partial charge in [0, 0.05) is 74.5 Å². The number of H-pyrrole nitrogens is 1. The van der Waals surface area contributed by atoms with E-state index in [1.165, 1.54) is 13.2 Å². The fourth-order valence-electron chi connectivity index (χ4n) is 6.61. The van der Waals surface area contributed by atoms with Crippen LogP contribution in [0.2, 0.25) is 0 Å². The van der Waals surface area contributed by atoms with Crippen molar-refractivity contribution in [3.63, 3.8) is 0 Å². The molecule has 2 amide bonds. The minimum absolute atomic E-state index is 0.0795. The number of benzene rings is 2. The number of ether oxygens (including phenoxy) is 1. The van der Waals surface area contributed by atoms with Crippen LogP contribution in [0.5, 0.6) is 5.75 Å². The molecule has 0 aliphatic carbocycles. The van der Waals surface area contributed by atoms with Crippen LogP contribution in [0, 0.1) is 23.0 Å². The van der Waals surface area contributed by atoms with E-state index in [1.807, 2.05) is 17.0 Å². The molecule has 5 heterocycles. The Kier molecular flexibility index (Phi) is 8.95. The van der Waals surface area contributed by atoms with E-state index in [0.717, 1.165) is 6.20 Å². The van der Waals surface area contributed by atoms with E-state index >= 15 is 4.39 Å². The van der Waals surface area contributed by atoms with E-state index in [2.05, 4.69) is 26.3 Å². The molecule has 0 spiro atoms. The number of hydrogen-bond donors (Lipinski definition) is 1. The van der Waals surface area contributed by atoms with Gasteiger partial charge in [-0.05, 0) is 35.8 Å². The number of aryl methyl sites for hydroxylation is 1. The number of carbonyl (C=O) groups excluding carboxylic acids is 2. The summed E-state index contributed by atoms with van der Waals surface area (Å²) in [6.07, 6.45) is 7.08. The number of methoxy groups -OCH3 is 1. The van der Waals surface area contributed by atoms with E-state index in [0.29, 0.717) is 90.5 Å². The van der Waals surface area contributed by atoms with Crippen LogP contribution in [0.3, 0.4) is 0 Å². The zero-order valence-electron chi connectivity index (χ0n) is 27.3. The van der Waals surface area contributed by atoms with Crippen LogP contribution in [-0.4, -0.2) is 93.0 Å². The van der Waals surface area contributed by atoms with Crippen molar-refractivity contribution in [2.75, 3.05) is 51.3 Å². The number of carbonyl (C=O) groups is 2. The number of piperazine rings is 1. The van der Waals surface area contributed by atoms with Gasteiger partial charge in [-0.2, -0.15) is 5.26 Å². The Morgan fingerprint density at radius 2 is 1.84 bits per heavy atom. The molecule has 12 nitrogen and oxygen atoms in total. The molecule has 50 heavy (non-hydrogen) atoms. The lowest BCUT2D eigenvalue weighted by Gasteiger charge is -2.35. The summed E-state index contributed by atoms with van der Waals surface area (Å²) >= 11 is 0. The molecule has 1 fully saturated rings. The molecule has 2 aromatic carbocycles. The van der Waals surface area contributed by atoms with Crippen LogP contribution in [0.15, 0.2) is 67.1 Å². The molecule has 2 aliphatic rings. The fourth-order valence-corrected chi connectivity index (χ4v) is 6.61. The number of halogens is 2. The van der Waals surface area contributed by atoms with Gasteiger partial charge >= 0.3 is 0 Å². The average Bonchev–Trinajstić information content (AvgIpc) is 3.85. The van der Waals surface area contributed by atoms with Crippen molar-refractivity contribution >= 4 is 34.1 Å². The van der Waals surface area contributed by atoms with Gasteiger partial charge in [0.25, 0.3) is 5.91 Å². The third-order valence-corrected chi connectivity index (χ3v) is 9.18. The number of aromatic amines is 1. The Hall–Kier alpha value is -6.10. The SMILES string of the molecule is COc1cc(F)cnc1N1CCN(C(=O)c2cc3c(-c4ccccc4C#N)cc(C4=CCCN(C(=O)CCn5ccnn5)C4)c(F)c3[nH]2)CC1. The van der Waals surface area contributed by atoms with E-state index in [1.54, 1.807) is 57.2 Å². The van der Waals surface area contributed by atoms with Gasteiger partial charge < -0.3 is 24.4 Å². The van der Waals surface area contributed by atoms with Gasteiger partial charge in [0.05, 0.1) is 43.2 Å². The molecule has 254 valence electrons. The Bertz CT molecular complexity index is 2150. The number of fused-ring (bicyclic) bond motifs is 1. The quantitative estimate of drug-likeness (QED) is 0.251. The molecule has 0 saturated carbocycles. The van der Waals surface area contributed by atoms with E-state index < -0.39 is 11.6 Å². The molecule has 0 atom stereocenters. The molecule has 0 unspecified atom stereocenters. The van der Waals surface area contributed by atoms with Gasteiger partial charge in [0.2, 0.25) is 5.91 Å². The fraction of sp³-hybridized carbons (Fsp3) is 0.278. The van der Waals surface area contributed by atoms with Crippen LogP contribution in [0.25, 0.3) is 27.6 Å². The third kappa shape index (κ3) is 6.25. The van der Waals surface area contributed by atoms with Crippen LogP contribution in [0.4, 0.5) is 14.6 Å². The third-order valence-electron chi connectivity index (χ3n) is 9.18. The number of anilines is 1. The Labute approximate surface area is 286 Å². The highest BCUT2D eigenvalue weighted by molar-refractivity contribution is 6.05. The summed E-state index contributed by atoms with van der Waals surface area (Å²) in [7, 11) is 1.45. The van der Waals surface area contributed by atoms with Crippen LogP contribution in [0.1, 0.15) is 34.5 Å². The second kappa shape index (κ2) is 13.8. The van der Waals surface area contributed by atoms with Crippen molar-refractivity contribution in [1.82, 2.24) is 34.8 Å². The van der Waals surface area contributed by atoms with Crippen molar-refractivity contribution in [2.45, 2.75) is 19.4 Å². The maximum atomic E-state index is 16.6. The van der Waals surface area contributed by atoms with E-state index in [4.69, 9.17) is 4.74 Å². The van der Waals surface area contributed by atoms with Crippen molar-refractivity contribution in [1.29, 1.82) is 5.26 Å². The molecular formula is C36H33F2N9O3. The number of pyridine rings is 1. The molecule has 1 N–H and O–H groups in total. The lowest BCUT2D eigenvalue weighted by Crippen LogP contribution is -2.49. The number of aromatic nitrogens is 5. The second-order valence-corrected chi connectivity index (χ2v) is 12.1. The van der Waals surface area contributed by atoms with Crippen molar-refractivity contribution < 1.29 is 23.1 Å². The smallest absolute Gasteiger partial charge is 0.270 e. The predicted octanol–water partition coefficient (Wildman–Crippen LogP) is 4.65. The average molecular weight is 678 g/mol. The first-order chi connectivity index (χ1) is 24.3. The molecular weight excluding hydrogens is 644 g/mol. The van der Waals surface area contributed by atoms with E-state index in [-0.39, 0.29) is 36.0 Å². The molecule has 3 aromatic heterocycles. The lowest BCUT2D eigenvalue weighted by atomic mass is 9.91. The number of nitrogens with zero attached hydrogens (tertiary/aromatic N) is 8. The van der Waals surface area contributed by atoms with Gasteiger partial charge in [0.15, 0.2) is 17.4 Å². The second-order valence-electron chi connectivity index (χ2n) is 12.1. The highest BCUT2D eigenvalue weighted by atomic mass is 19.1. The molecule has 1 saturated heterocycles. The van der Waals surface area contributed by atoms with Gasteiger partial charge in [-0.3, -0.25) is 14.3 Å². The number of nitriles is 1. The summed E-state index contributed by atoms with van der Waals surface area (Å²) in [5, 5.41) is 18.1. The summed E-state index contributed by atoms with van der Waals surface area (Å²) < 4.78 is 37.2. The Morgan fingerprint density at radius 1 is 1.02 bits per heavy atom. The first kappa shape index (κ1) is 32.4. The number of hydrogen-bond acceptors (Lipinski definition) is 8. The highest BCUT2D eigenvalue weighted by Gasteiger charge is 2.29. The number of amides is 2. The Morgan fingerprint density at radius 3 is 2.60 bits per heavy atom. The van der Waals surface area contributed by atoms with Crippen LogP contribution in [-0.2, 0) is 11.3 Å². The highest BCUT2D eigenvalue weighted by Crippen LogP contribution is 2.38. The topological polar surface area (TPSA) is 136 Å². The molecule has 2 aliphatic heterocycles. The largest absolute Gasteiger partial charge is 0.493 e. The van der Waals surface area contributed by atoms with Gasteiger partial charge in [-0.1, -0.05) is 29.5 Å². The summed E-state index contributed by atoms with van der Waals surface area (Å²) in [6.45, 7) is 2.67. The van der Waals surface area contributed by atoms with E-state index in [9.17, 15) is 19.2 Å². The molecule has 5 aromatic rings. The van der Waals surface area contributed by atoms with Crippen LogP contribution < -0.4 is 9.64 Å². The predicted molar refractivity (Wildman–Crippen MR) is 181 cm³/mol. The van der Waals surface area contributed by atoms with Crippen molar-refractivity contribution in [3.8, 4) is 22.9 Å². The first-order valence-electron chi connectivity index (χ1n) is 16.2.